The number of benzene rings is 1. The summed E-state index contributed by atoms with van der Waals surface area (Å²) in [5.41, 5.74) is 1.39. The predicted octanol–water partition coefficient (Wildman–Crippen LogP) is 3.27. The molecule has 1 aromatic rings. The second-order valence-electron chi connectivity index (χ2n) is 7.57. The lowest BCUT2D eigenvalue weighted by Crippen LogP contribution is -2.48. The Morgan fingerprint density at radius 2 is 1.58 bits per heavy atom. The first-order chi connectivity index (χ1) is 12.7. The van der Waals surface area contributed by atoms with Gasteiger partial charge in [-0.3, -0.25) is 4.79 Å². The highest BCUT2D eigenvalue weighted by molar-refractivity contribution is 6.07. The number of hydrazone groups is 1. The third-order valence-corrected chi connectivity index (χ3v) is 5.78. The monoisotopic (exact) mass is 354 g/mol. The smallest absolute Gasteiger partial charge is 0.346 e. The van der Waals surface area contributed by atoms with Crippen molar-refractivity contribution in [2.45, 2.75) is 56.9 Å². The van der Waals surface area contributed by atoms with Crippen molar-refractivity contribution in [1.82, 2.24) is 10.3 Å². The molecule has 3 amide bonds. The number of urea groups is 1. The normalized spacial score (nSPS) is 23.1. The number of imide groups is 1. The summed E-state index contributed by atoms with van der Waals surface area (Å²) in [5, 5.41) is 8.06. The van der Waals surface area contributed by atoms with Crippen LogP contribution in [-0.2, 0) is 4.79 Å². The number of nitrogens with zero attached hydrogens (tertiary/aromatic N) is 3. The van der Waals surface area contributed by atoms with Crippen LogP contribution in [0.15, 0.2) is 29.4 Å². The van der Waals surface area contributed by atoms with E-state index < -0.39 is 11.6 Å². The molecule has 0 atom stereocenters. The van der Waals surface area contributed by atoms with Gasteiger partial charge < -0.3 is 10.2 Å². The van der Waals surface area contributed by atoms with Crippen molar-refractivity contribution in [3.8, 4) is 0 Å². The SMILES string of the molecule is O=C1NC2(CCCCC2)C(=O)N1/N=C\c1ccc(N2CCCCC2)cc1. The van der Waals surface area contributed by atoms with Gasteiger partial charge in [0.05, 0.1) is 6.21 Å². The van der Waals surface area contributed by atoms with Gasteiger partial charge in [0.2, 0.25) is 0 Å². The second kappa shape index (κ2) is 7.09. The van der Waals surface area contributed by atoms with Crippen LogP contribution < -0.4 is 10.2 Å². The maximum atomic E-state index is 12.7. The Morgan fingerprint density at radius 1 is 0.923 bits per heavy atom. The summed E-state index contributed by atoms with van der Waals surface area (Å²) >= 11 is 0. The largest absolute Gasteiger partial charge is 0.372 e. The summed E-state index contributed by atoms with van der Waals surface area (Å²) in [5.74, 6) is -0.205. The third-order valence-electron chi connectivity index (χ3n) is 5.78. The summed E-state index contributed by atoms with van der Waals surface area (Å²) in [7, 11) is 0. The molecule has 1 spiro atoms. The molecule has 3 aliphatic rings. The number of nitrogens with one attached hydrogen (secondary N) is 1. The maximum absolute atomic E-state index is 12.7. The highest BCUT2D eigenvalue weighted by Crippen LogP contribution is 2.33. The van der Waals surface area contributed by atoms with Crippen LogP contribution in [0.25, 0.3) is 0 Å². The Labute approximate surface area is 154 Å². The molecular weight excluding hydrogens is 328 g/mol. The minimum atomic E-state index is -0.717. The van der Waals surface area contributed by atoms with E-state index in [1.54, 1.807) is 6.21 Å². The zero-order valence-corrected chi connectivity index (χ0v) is 15.1. The lowest BCUT2D eigenvalue weighted by Gasteiger charge is -2.29. The third kappa shape index (κ3) is 3.20. The molecule has 6 heteroatoms. The zero-order chi connectivity index (χ0) is 18.0. The number of piperidine rings is 1. The molecule has 2 aliphatic heterocycles. The maximum Gasteiger partial charge on any atom is 0.346 e. The Bertz CT molecular complexity index is 701. The van der Waals surface area contributed by atoms with Gasteiger partial charge in [0, 0.05) is 18.8 Å². The standard InChI is InChI=1S/C20H26N4O2/c25-18-20(11-3-1-4-12-20)22-19(26)24(18)21-15-16-7-9-17(10-8-16)23-13-5-2-6-14-23/h7-10,15H,1-6,11-14H2,(H,22,26)/b21-15-. The van der Waals surface area contributed by atoms with E-state index in [0.29, 0.717) is 12.8 Å². The number of carbonyl (C=O) groups is 2. The Balaban J connectivity index is 1.44. The lowest BCUT2D eigenvalue weighted by atomic mass is 9.82. The molecule has 1 aromatic carbocycles. The van der Waals surface area contributed by atoms with Gasteiger partial charge in [-0.15, -0.1) is 5.01 Å². The molecule has 0 unspecified atom stereocenters. The average molecular weight is 354 g/mol. The highest BCUT2D eigenvalue weighted by Gasteiger charge is 2.51. The molecule has 26 heavy (non-hydrogen) atoms. The number of amides is 3. The van der Waals surface area contributed by atoms with Gasteiger partial charge in [0.1, 0.15) is 5.54 Å². The molecule has 1 saturated carbocycles. The van der Waals surface area contributed by atoms with Crippen molar-refractivity contribution in [1.29, 1.82) is 0 Å². The van der Waals surface area contributed by atoms with Crippen molar-refractivity contribution in [2.75, 3.05) is 18.0 Å². The molecular formula is C20H26N4O2. The predicted molar refractivity (Wildman–Crippen MR) is 101 cm³/mol. The minimum absolute atomic E-state index is 0.205. The van der Waals surface area contributed by atoms with Crippen LogP contribution in [0.4, 0.5) is 10.5 Å². The quantitative estimate of drug-likeness (QED) is 0.669. The molecule has 6 nitrogen and oxygen atoms in total. The molecule has 0 aromatic heterocycles. The van der Waals surface area contributed by atoms with Gasteiger partial charge in [0.25, 0.3) is 5.91 Å². The van der Waals surface area contributed by atoms with Gasteiger partial charge in [0.15, 0.2) is 0 Å². The topological polar surface area (TPSA) is 65.0 Å². The first-order valence-corrected chi connectivity index (χ1v) is 9.74. The summed E-state index contributed by atoms with van der Waals surface area (Å²) in [4.78, 5) is 27.3. The molecule has 1 aliphatic carbocycles. The van der Waals surface area contributed by atoms with Crippen molar-refractivity contribution in [3.05, 3.63) is 29.8 Å². The van der Waals surface area contributed by atoms with E-state index in [0.717, 1.165) is 42.9 Å². The summed E-state index contributed by atoms with van der Waals surface area (Å²) in [6, 6.07) is 7.74. The Hall–Kier alpha value is -2.37. The van der Waals surface area contributed by atoms with E-state index in [1.807, 2.05) is 12.1 Å². The molecule has 3 fully saturated rings. The zero-order valence-electron chi connectivity index (χ0n) is 15.1. The van der Waals surface area contributed by atoms with E-state index in [-0.39, 0.29) is 5.91 Å². The van der Waals surface area contributed by atoms with Gasteiger partial charge in [-0.1, -0.05) is 31.4 Å². The highest BCUT2D eigenvalue weighted by atomic mass is 16.2. The van der Waals surface area contributed by atoms with Crippen LogP contribution in [0.1, 0.15) is 56.9 Å². The van der Waals surface area contributed by atoms with E-state index in [9.17, 15) is 9.59 Å². The van der Waals surface area contributed by atoms with Crippen molar-refractivity contribution in [3.63, 3.8) is 0 Å². The molecule has 138 valence electrons. The molecule has 0 bridgehead atoms. The number of carbonyl (C=O) groups excluding carboxylic acids is 2. The molecule has 1 N–H and O–H groups in total. The second-order valence-corrected chi connectivity index (χ2v) is 7.57. The van der Waals surface area contributed by atoms with Crippen LogP contribution in [0.3, 0.4) is 0 Å². The fourth-order valence-corrected chi connectivity index (χ4v) is 4.25. The molecule has 2 saturated heterocycles. The van der Waals surface area contributed by atoms with Gasteiger partial charge in [-0.25, -0.2) is 4.79 Å². The summed E-state index contributed by atoms with van der Waals surface area (Å²) in [6.07, 6.45) is 9.91. The Morgan fingerprint density at radius 3 is 2.27 bits per heavy atom. The van der Waals surface area contributed by atoms with Gasteiger partial charge in [-0.05, 0) is 49.8 Å². The number of hydrogen-bond acceptors (Lipinski definition) is 4. The number of hydrogen-bond donors (Lipinski definition) is 1. The van der Waals surface area contributed by atoms with Crippen molar-refractivity contribution in [2.24, 2.45) is 5.10 Å². The van der Waals surface area contributed by atoms with Crippen LogP contribution in [0.2, 0.25) is 0 Å². The average Bonchev–Trinajstić information content (AvgIpc) is 2.91. The van der Waals surface area contributed by atoms with Crippen LogP contribution in [-0.4, -0.2) is 41.8 Å². The Kier molecular flexibility index (Phi) is 4.66. The minimum Gasteiger partial charge on any atom is -0.372 e. The van der Waals surface area contributed by atoms with Gasteiger partial charge in [-0.2, -0.15) is 5.10 Å². The van der Waals surface area contributed by atoms with Crippen molar-refractivity contribution < 1.29 is 9.59 Å². The molecule has 4 rings (SSSR count). The van der Waals surface area contributed by atoms with Crippen LogP contribution in [0, 0.1) is 0 Å². The van der Waals surface area contributed by atoms with Crippen LogP contribution >= 0.6 is 0 Å². The number of rotatable bonds is 3. The molecule has 2 heterocycles. The van der Waals surface area contributed by atoms with Crippen molar-refractivity contribution >= 4 is 23.8 Å². The summed E-state index contributed by atoms with van der Waals surface area (Å²) < 4.78 is 0. The molecule has 0 radical (unpaired) electrons. The van der Waals surface area contributed by atoms with E-state index in [4.69, 9.17) is 0 Å². The number of anilines is 1. The van der Waals surface area contributed by atoms with E-state index in [2.05, 4.69) is 27.5 Å². The van der Waals surface area contributed by atoms with E-state index in [1.165, 1.54) is 24.9 Å². The van der Waals surface area contributed by atoms with Crippen LogP contribution in [0.5, 0.6) is 0 Å². The first kappa shape index (κ1) is 17.1. The lowest BCUT2D eigenvalue weighted by molar-refractivity contribution is -0.132. The fraction of sp³-hybridized carbons (Fsp3) is 0.550. The van der Waals surface area contributed by atoms with Gasteiger partial charge >= 0.3 is 6.03 Å². The van der Waals surface area contributed by atoms with E-state index >= 15 is 0 Å². The fourth-order valence-electron chi connectivity index (χ4n) is 4.25. The first-order valence-electron chi connectivity index (χ1n) is 9.74. The summed E-state index contributed by atoms with van der Waals surface area (Å²) in [6.45, 7) is 2.22.